The summed E-state index contributed by atoms with van der Waals surface area (Å²) in [4.78, 5) is 4.22. The maximum atomic E-state index is 5.73. The van der Waals surface area contributed by atoms with E-state index in [1.54, 1.807) is 6.26 Å². The van der Waals surface area contributed by atoms with Gasteiger partial charge < -0.3 is 10.2 Å². The van der Waals surface area contributed by atoms with Gasteiger partial charge in [0.05, 0.1) is 11.8 Å². The number of aryl methyl sites for hydroxylation is 1. The fourth-order valence-corrected chi connectivity index (χ4v) is 0.998. The quantitative estimate of drug-likeness (QED) is 0.537. The van der Waals surface area contributed by atoms with E-state index < -0.39 is 0 Å². The number of nitrogens with two attached hydrogens (primary N) is 1. The summed E-state index contributed by atoms with van der Waals surface area (Å²) in [7, 11) is 0. The van der Waals surface area contributed by atoms with Gasteiger partial charge in [-0.25, -0.2) is 0 Å². The summed E-state index contributed by atoms with van der Waals surface area (Å²) in [6.07, 6.45) is 1.62. The van der Waals surface area contributed by atoms with Crippen LogP contribution in [-0.2, 0) is 0 Å². The third kappa shape index (κ3) is 1.87. The van der Waals surface area contributed by atoms with Crippen molar-refractivity contribution < 1.29 is 4.42 Å². The van der Waals surface area contributed by atoms with Gasteiger partial charge in [0.1, 0.15) is 11.6 Å². The molecular formula is C9H14N2O. The van der Waals surface area contributed by atoms with Crippen LogP contribution in [0.25, 0.3) is 0 Å². The predicted octanol–water partition coefficient (Wildman–Crippen LogP) is 1.70. The molecule has 0 bridgehead atoms. The van der Waals surface area contributed by atoms with E-state index in [4.69, 9.17) is 10.2 Å². The molecule has 0 aliphatic carbocycles. The Bertz CT molecular complexity index is 286. The van der Waals surface area contributed by atoms with E-state index >= 15 is 0 Å². The molecule has 2 N–H and O–H groups in total. The van der Waals surface area contributed by atoms with Crippen LogP contribution in [0.2, 0.25) is 0 Å². The van der Waals surface area contributed by atoms with E-state index in [1.807, 2.05) is 26.8 Å². The van der Waals surface area contributed by atoms with Gasteiger partial charge >= 0.3 is 0 Å². The van der Waals surface area contributed by atoms with E-state index in [9.17, 15) is 0 Å². The Morgan fingerprint density at radius 3 is 2.67 bits per heavy atom. The molecule has 0 atom stereocenters. The third-order valence-electron chi connectivity index (χ3n) is 1.53. The maximum absolute atomic E-state index is 5.73. The zero-order valence-corrected chi connectivity index (χ0v) is 7.66. The molecule has 0 aliphatic rings. The summed E-state index contributed by atoms with van der Waals surface area (Å²) in [5.41, 5.74) is 6.62. The van der Waals surface area contributed by atoms with Crippen LogP contribution in [0.15, 0.2) is 21.7 Å². The number of hydrogen-bond donors (Lipinski definition) is 1. The summed E-state index contributed by atoms with van der Waals surface area (Å²) >= 11 is 0. The summed E-state index contributed by atoms with van der Waals surface area (Å²) in [6.45, 7) is 5.85. The van der Waals surface area contributed by atoms with Gasteiger partial charge in [-0.1, -0.05) is 0 Å². The van der Waals surface area contributed by atoms with Crippen molar-refractivity contribution >= 4 is 5.84 Å². The van der Waals surface area contributed by atoms with Crippen molar-refractivity contribution in [2.45, 2.75) is 26.8 Å². The second-order valence-electron chi connectivity index (χ2n) is 3.00. The van der Waals surface area contributed by atoms with Crippen molar-refractivity contribution in [2.75, 3.05) is 0 Å². The van der Waals surface area contributed by atoms with Crippen molar-refractivity contribution in [1.82, 2.24) is 0 Å². The van der Waals surface area contributed by atoms with Crippen LogP contribution >= 0.6 is 0 Å². The van der Waals surface area contributed by atoms with E-state index in [1.165, 1.54) is 0 Å². The molecule has 1 aromatic heterocycles. The van der Waals surface area contributed by atoms with Crippen LogP contribution in [-0.4, -0.2) is 11.9 Å². The molecule has 0 aliphatic heterocycles. The lowest BCUT2D eigenvalue weighted by Gasteiger charge is -2.00. The normalized spacial score (nSPS) is 12.5. The number of amidine groups is 1. The van der Waals surface area contributed by atoms with E-state index in [-0.39, 0.29) is 6.04 Å². The molecule has 0 aromatic carbocycles. The van der Waals surface area contributed by atoms with Crippen LogP contribution in [0, 0.1) is 6.92 Å². The number of furan rings is 1. The minimum Gasteiger partial charge on any atom is -0.469 e. The largest absolute Gasteiger partial charge is 0.469 e. The van der Waals surface area contributed by atoms with Crippen LogP contribution in [0.1, 0.15) is 25.2 Å². The lowest BCUT2D eigenvalue weighted by atomic mass is 10.2. The Labute approximate surface area is 72.3 Å². The summed E-state index contributed by atoms with van der Waals surface area (Å²) in [6, 6.07) is 2.05. The fourth-order valence-electron chi connectivity index (χ4n) is 0.998. The van der Waals surface area contributed by atoms with Crippen molar-refractivity contribution in [1.29, 1.82) is 0 Å². The highest BCUT2D eigenvalue weighted by Gasteiger charge is 2.05. The van der Waals surface area contributed by atoms with E-state index in [2.05, 4.69) is 4.99 Å². The second-order valence-corrected chi connectivity index (χ2v) is 3.00. The Hall–Kier alpha value is -1.25. The molecule has 1 heterocycles. The standard InChI is InChI=1S/C9H14N2O/c1-6(2)11-9(10)8-4-5-12-7(8)3/h4-6H,1-3H3,(H2,10,11). The van der Waals surface area contributed by atoms with Gasteiger partial charge in [-0.2, -0.15) is 0 Å². The average molecular weight is 166 g/mol. The Balaban J connectivity index is 2.92. The molecule has 0 unspecified atom stereocenters. The van der Waals surface area contributed by atoms with Gasteiger partial charge in [0.25, 0.3) is 0 Å². The molecule has 0 fully saturated rings. The average Bonchev–Trinajstić information content (AvgIpc) is 2.33. The first-order chi connectivity index (χ1) is 5.61. The lowest BCUT2D eigenvalue weighted by molar-refractivity contribution is 0.533. The fraction of sp³-hybridized carbons (Fsp3) is 0.444. The minimum atomic E-state index is 0.222. The predicted molar refractivity (Wildman–Crippen MR) is 49.3 cm³/mol. The van der Waals surface area contributed by atoms with Crippen molar-refractivity contribution in [3.8, 4) is 0 Å². The van der Waals surface area contributed by atoms with Gasteiger partial charge in [0.15, 0.2) is 0 Å². The molecular weight excluding hydrogens is 152 g/mol. The van der Waals surface area contributed by atoms with Crippen LogP contribution in [0.5, 0.6) is 0 Å². The first-order valence-corrected chi connectivity index (χ1v) is 3.99. The lowest BCUT2D eigenvalue weighted by Crippen LogP contribution is -2.15. The summed E-state index contributed by atoms with van der Waals surface area (Å²) in [5, 5.41) is 0. The molecule has 0 saturated carbocycles. The highest BCUT2D eigenvalue weighted by molar-refractivity contribution is 5.98. The molecule has 3 heteroatoms. The van der Waals surface area contributed by atoms with Gasteiger partial charge in [-0.05, 0) is 26.8 Å². The molecule has 0 radical (unpaired) electrons. The van der Waals surface area contributed by atoms with Gasteiger partial charge in [-0.15, -0.1) is 0 Å². The van der Waals surface area contributed by atoms with Gasteiger partial charge in [-0.3, -0.25) is 4.99 Å². The topological polar surface area (TPSA) is 51.5 Å². The molecule has 0 spiro atoms. The van der Waals surface area contributed by atoms with Gasteiger partial charge in [0.2, 0.25) is 0 Å². The van der Waals surface area contributed by atoms with Crippen LogP contribution < -0.4 is 5.73 Å². The van der Waals surface area contributed by atoms with Crippen molar-refractivity contribution in [3.05, 3.63) is 23.7 Å². The van der Waals surface area contributed by atoms with Crippen LogP contribution in [0.4, 0.5) is 0 Å². The SMILES string of the molecule is Cc1occc1C(N)=NC(C)C. The molecule has 0 saturated heterocycles. The molecule has 1 aromatic rings. The zero-order valence-electron chi connectivity index (χ0n) is 7.66. The summed E-state index contributed by atoms with van der Waals surface area (Å²) < 4.78 is 5.11. The number of rotatable bonds is 2. The monoisotopic (exact) mass is 166 g/mol. The first-order valence-electron chi connectivity index (χ1n) is 3.99. The number of nitrogens with zero attached hydrogens (tertiary/aromatic N) is 1. The molecule has 66 valence electrons. The number of hydrogen-bond acceptors (Lipinski definition) is 2. The molecule has 0 amide bonds. The smallest absolute Gasteiger partial charge is 0.129 e. The zero-order chi connectivity index (χ0) is 9.14. The maximum Gasteiger partial charge on any atom is 0.129 e. The highest BCUT2D eigenvalue weighted by atomic mass is 16.3. The molecule has 12 heavy (non-hydrogen) atoms. The Morgan fingerprint density at radius 2 is 2.25 bits per heavy atom. The summed E-state index contributed by atoms with van der Waals surface area (Å²) in [5.74, 6) is 1.37. The third-order valence-corrected chi connectivity index (χ3v) is 1.53. The highest BCUT2D eigenvalue weighted by Crippen LogP contribution is 2.08. The van der Waals surface area contributed by atoms with E-state index in [0.29, 0.717) is 5.84 Å². The van der Waals surface area contributed by atoms with Crippen molar-refractivity contribution in [3.63, 3.8) is 0 Å². The molecule has 1 rings (SSSR count). The minimum absolute atomic E-state index is 0.222. The van der Waals surface area contributed by atoms with E-state index in [0.717, 1.165) is 11.3 Å². The van der Waals surface area contributed by atoms with Crippen molar-refractivity contribution in [2.24, 2.45) is 10.7 Å². The Morgan fingerprint density at radius 1 is 1.58 bits per heavy atom. The number of aliphatic imine (C=N–C) groups is 1. The van der Waals surface area contributed by atoms with Crippen LogP contribution in [0.3, 0.4) is 0 Å². The first kappa shape index (κ1) is 8.84. The Kier molecular flexibility index (Phi) is 2.53. The van der Waals surface area contributed by atoms with Gasteiger partial charge in [0, 0.05) is 6.04 Å². The second kappa shape index (κ2) is 3.43. The molecule has 3 nitrogen and oxygen atoms in total.